The molecule has 0 spiro atoms. The Hall–Kier alpha value is -4.31. The van der Waals surface area contributed by atoms with Crippen LogP contribution in [0.2, 0.25) is 0 Å². The number of hydrogen-bond donors (Lipinski definition) is 3. The first-order chi connectivity index (χ1) is 17.7. The van der Waals surface area contributed by atoms with E-state index in [4.69, 9.17) is 10.5 Å². The van der Waals surface area contributed by atoms with E-state index in [0.717, 1.165) is 0 Å². The summed E-state index contributed by atoms with van der Waals surface area (Å²) >= 11 is 3.33. The second-order valence-electron chi connectivity index (χ2n) is 8.65. The SMILES string of the molecule is NC(=O)c1cc2c(Oc3ccc(NC(=O)C4(C(=O)Nc5ccc(F)cc5)CC4)cc3)ccnc2cc1Br. The molecular weight excluding hydrogens is 543 g/mol. The number of benzene rings is 3. The molecule has 1 saturated carbocycles. The molecule has 0 saturated heterocycles. The number of nitrogens with one attached hydrogen (secondary N) is 2. The minimum absolute atomic E-state index is 0.306. The normalized spacial score (nSPS) is 13.6. The summed E-state index contributed by atoms with van der Waals surface area (Å²) < 4.78 is 19.7. The van der Waals surface area contributed by atoms with E-state index < -0.39 is 29.0 Å². The van der Waals surface area contributed by atoms with Gasteiger partial charge in [-0.15, -0.1) is 0 Å². The fourth-order valence-corrected chi connectivity index (χ4v) is 4.40. The maximum absolute atomic E-state index is 13.1. The average Bonchev–Trinajstić information content (AvgIpc) is 3.69. The van der Waals surface area contributed by atoms with Gasteiger partial charge >= 0.3 is 0 Å². The van der Waals surface area contributed by atoms with Gasteiger partial charge in [-0.25, -0.2) is 4.39 Å². The van der Waals surface area contributed by atoms with Crippen LogP contribution in [0.5, 0.6) is 11.5 Å². The zero-order valence-electron chi connectivity index (χ0n) is 19.3. The number of carbonyl (C=O) groups is 3. The summed E-state index contributed by atoms with van der Waals surface area (Å²) in [6.07, 6.45) is 2.44. The zero-order valence-corrected chi connectivity index (χ0v) is 20.8. The molecule has 1 heterocycles. The minimum atomic E-state index is -1.16. The van der Waals surface area contributed by atoms with Gasteiger partial charge < -0.3 is 21.1 Å². The monoisotopic (exact) mass is 562 g/mol. The number of rotatable bonds is 7. The maximum Gasteiger partial charge on any atom is 0.249 e. The first-order valence-electron chi connectivity index (χ1n) is 11.3. The molecule has 8 nitrogen and oxygen atoms in total. The van der Waals surface area contributed by atoms with Crippen molar-refractivity contribution in [3.63, 3.8) is 0 Å². The Kier molecular flexibility index (Phi) is 6.34. The largest absolute Gasteiger partial charge is 0.457 e. The molecule has 0 aliphatic heterocycles. The van der Waals surface area contributed by atoms with Crippen molar-refractivity contribution in [1.82, 2.24) is 4.98 Å². The van der Waals surface area contributed by atoms with Crippen LogP contribution < -0.4 is 21.1 Å². The number of hydrogen-bond acceptors (Lipinski definition) is 5. The molecule has 3 aromatic carbocycles. The minimum Gasteiger partial charge on any atom is -0.457 e. The third-order valence-corrected chi connectivity index (χ3v) is 6.77. The summed E-state index contributed by atoms with van der Waals surface area (Å²) in [6.45, 7) is 0. The van der Waals surface area contributed by atoms with Gasteiger partial charge in [0.25, 0.3) is 0 Å². The molecule has 4 N–H and O–H groups in total. The standard InChI is InChI=1S/C27H20BrFN4O4/c28-21-14-22-20(13-19(21)24(30)34)23(9-12-31-22)37-18-7-5-17(6-8-18)33-26(36)27(10-11-27)25(35)32-16-3-1-15(29)2-4-16/h1-9,12-14H,10-11H2,(H2,30,34)(H,32,35)(H,33,36). The van der Waals surface area contributed by atoms with Crippen LogP contribution in [0.4, 0.5) is 15.8 Å². The second kappa shape index (κ2) is 9.62. The molecule has 0 radical (unpaired) electrons. The number of ether oxygens (including phenoxy) is 1. The second-order valence-corrected chi connectivity index (χ2v) is 9.50. The van der Waals surface area contributed by atoms with Crippen LogP contribution in [-0.2, 0) is 9.59 Å². The summed E-state index contributed by atoms with van der Waals surface area (Å²) in [6, 6.07) is 17.0. The fraction of sp³-hybridized carbons (Fsp3) is 0.111. The van der Waals surface area contributed by atoms with Crippen molar-refractivity contribution in [2.24, 2.45) is 11.1 Å². The van der Waals surface area contributed by atoms with E-state index >= 15 is 0 Å². The lowest BCUT2D eigenvalue weighted by molar-refractivity contribution is -0.131. The molecule has 1 aromatic heterocycles. The highest BCUT2D eigenvalue weighted by Crippen LogP contribution is 2.47. The average molecular weight is 563 g/mol. The van der Waals surface area contributed by atoms with E-state index in [1.165, 1.54) is 24.3 Å². The smallest absolute Gasteiger partial charge is 0.249 e. The predicted molar refractivity (Wildman–Crippen MR) is 140 cm³/mol. The van der Waals surface area contributed by atoms with Crippen LogP contribution in [0.25, 0.3) is 10.9 Å². The highest BCUT2D eigenvalue weighted by Gasteiger charge is 2.56. The van der Waals surface area contributed by atoms with Gasteiger partial charge in [0, 0.05) is 27.4 Å². The first kappa shape index (κ1) is 24.4. The van der Waals surface area contributed by atoms with Gasteiger partial charge in [-0.3, -0.25) is 19.4 Å². The lowest BCUT2D eigenvalue weighted by Gasteiger charge is -2.16. The molecule has 1 fully saturated rings. The summed E-state index contributed by atoms with van der Waals surface area (Å²) in [5.74, 6) is -0.864. The number of pyridine rings is 1. The lowest BCUT2D eigenvalue weighted by atomic mass is 10.0. The molecule has 10 heteroatoms. The van der Waals surface area contributed by atoms with E-state index in [-0.39, 0.29) is 0 Å². The number of amides is 3. The van der Waals surface area contributed by atoms with Crippen molar-refractivity contribution in [2.75, 3.05) is 10.6 Å². The molecule has 1 aliphatic carbocycles. The molecule has 0 bridgehead atoms. The van der Waals surface area contributed by atoms with Crippen LogP contribution in [0, 0.1) is 11.2 Å². The van der Waals surface area contributed by atoms with Crippen molar-refractivity contribution in [3.8, 4) is 11.5 Å². The molecule has 1 aliphatic rings. The Morgan fingerprint density at radius 3 is 2.08 bits per heavy atom. The van der Waals surface area contributed by atoms with Gasteiger partial charge in [0.1, 0.15) is 22.7 Å². The van der Waals surface area contributed by atoms with Crippen molar-refractivity contribution >= 4 is 55.9 Å². The quantitative estimate of drug-likeness (QED) is 0.261. The van der Waals surface area contributed by atoms with E-state index in [1.807, 2.05) is 0 Å². The highest BCUT2D eigenvalue weighted by atomic mass is 79.9. The number of carbonyl (C=O) groups excluding carboxylic acids is 3. The number of fused-ring (bicyclic) bond motifs is 1. The number of halogens is 2. The van der Waals surface area contributed by atoms with Gasteiger partial charge in [-0.05, 0) is 95.5 Å². The summed E-state index contributed by atoms with van der Waals surface area (Å²) in [5, 5.41) is 6.08. The number of nitrogens with two attached hydrogens (primary N) is 1. The van der Waals surface area contributed by atoms with Crippen molar-refractivity contribution in [3.05, 3.63) is 88.8 Å². The van der Waals surface area contributed by atoms with Crippen LogP contribution in [0.3, 0.4) is 0 Å². The molecule has 186 valence electrons. The fourth-order valence-electron chi connectivity index (χ4n) is 3.87. The maximum atomic E-state index is 13.1. The molecule has 5 rings (SSSR count). The van der Waals surface area contributed by atoms with Crippen molar-refractivity contribution in [1.29, 1.82) is 0 Å². The summed E-state index contributed by atoms with van der Waals surface area (Å²) in [5.41, 5.74) is 6.14. The Morgan fingerprint density at radius 1 is 0.919 bits per heavy atom. The Balaban J connectivity index is 1.28. The van der Waals surface area contributed by atoms with Gasteiger partial charge in [0.15, 0.2) is 0 Å². The van der Waals surface area contributed by atoms with Crippen LogP contribution in [-0.4, -0.2) is 22.7 Å². The van der Waals surface area contributed by atoms with E-state index in [0.29, 0.717) is 56.7 Å². The Bertz CT molecular complexity index is 1540. The van der Waals surface area contributed by atoms with E-state index in [1.54, 1.807) is 48.7 Å². The Labute approximate surface area is 219 Å². The number of primary amides is 1. The van der Waals surface area contributed by atoms with Gasteiger partial charge in [0.05, 0.1) is 11.1 Å². The lowest BCUT2D eigenvalue weighted by Crippen LogP contribution is -2.35. The molecule has 0 unspecified atom stereocenters. The van der Waals surface area contributed by atoms with Gasteiger partial charge in [0.2, 0.25) is 17.7 Å². The van der Waals surface area contributed by atoms with E-state index in [2.05, 4.69) is 31.5 Å². The van der Waals surface area contributed by atoms with Gasteiger partial charge in [-0.2, -0.15) is 0 Å². The van der Waals surface area contributed by atoms with Crippen molar-refractivity contribution < 1.29 is 23.5 Å². The first-order valence-corrected chi connectivity index (χ1v) is 12.1. The van der Waals surface area contributed by atoms with Crippen LogP contribution in [0.15, 0.2) is 77.4 Å². The molecule has 37 heavy (non-hydrogen) atoms. The molecular formula is C27H20BrFN4O4. The topological polar surface area (TPSA) is 123 Å². The number of aromatic nitrogens is 1. The van der Waals surface area contributed by atoms with Crippen LogP contribution >= 0.6 is 15.9 Å². The zero-order chi connectivity index (χ0) is 26.2. The predicted octanol–water partition coefficient (Wildman–Crippen LogP) is 5.39. The molecule has 0 atom stereocenters. The molecule has 3 amide bonds. The number of anilines is 2. The van der Waals surface area contributed by atoms with Crippen LogP contribution in [0.1, 0.15) is 23.2 Å². The Morgan fingerprint density at radius 2 is 1.51 bits per heavy atom. The molecule has 4 aromatic rings. The summed E-state index contributed by atoms with van der Waals surface area (Å²) in [4.78, 5) is 41.7. The van der Waals surface area contributed by atoms with E-state index in [9.17, 15) is 18.8 Å². The third-order valence-electron chi connectivity index (χ3n) is 6.12. The summed E-state index contributed by atoms with van der Waals surface area (Å²) in [7, 11) is 0. The number of nitrogens with zero attached hydrogens (tertiary/aromatic N) is 1. The van der Waals surface area contributed by atoms with Crippen molar-refractivity contribution in [2.45, 2.75) is 12.8 Å². The van der Waals surface area contributed by atoms with Gasteiger partial charge in [-0.1, -0.05) is 0 Å². The highest BCUT2D eigenvalue weighted by molar-refractivity contribution is 9.10. The third kappa shape index (κ3) is 5.01.